The van der Waals surface area contributed by atoms with Crippen LogP contribution in [-0.2, 0) is 9.59 Å². The van der Waals surface area contributed by atoms with Gasteiger partial charge in [0.2, 0.25) is 5.91 Å². The molecule has 18 heavy (non-hydrogen) atoms. The van der Waals surface area contributed by atoms with Crippen LogP contribution in [0.15, 0.2) is 0 Å². The zero-order valence-corrected chi connectivity index (χ0v) is 12.5. The van der Waals surface area contributed by atoms with E-state index in [1.165, 1.54) is 32.1 Å². The number of hydrogen-bond donors (Lipinski definition) is 1. The van der Waals surface area contributed by atoms with Crippen LogP contribution in [-0.4, -0.2) is 28.7 Å². The molecule has 4 heteroatoms. The van der Waals surface area contributed by atoms with Crippen LogP contribution >= 0.6 is 11.8 Å². The lowest BCUT2D eigenvalue weighted by Gasteiger charge is -2.22. The fourth-order valence-corrected chi connectivity index (χ4v) is 3.52. The highest BCUT2D eigenvalue weighted by atomic mass is 32.2. The fourth-order valence-electron chi connectivity index (χ4n) is 2.38. The molecular formula is C14H25NO2S. The average Bonchev–Trinajstić information content (AvgIpc) is 2.34. The first-order chi connectivity index (χ1) is 8.50. The molecule has 0 saturated heterocycles. The van der Waals surface area contributed by atoms with E-state index in [0.717, 1.165) is 0 Å². The maximum Gasteiger partial charge on any atom is 0.230 e. The Balaban J connectivity index is 2.29. The van der Waals surface area contributed by atoms with Crippen molar-refractivity contribution in [1.82, 2.24) is 5.32 Å². The van der Waals surface area contributed by atoms with E-state index in [4.69, 9.17) is 0 Å². The monoisotopic (exact) mass is 271 g/mol. The number of amides is 1. The zero-order valence-electron chi connectivity index (χ0n) is 11.7. The Labute approximate surface area is 114 Å². The Morgan fingerprint density at radius 3 is 2.33 bits per heavy atom. The highest BCUT2D eigenvalue weighted by molar-refractivity contribution is 8.00. The number of thioether (sulfide) groups is 1. The van der Waals surface area contributed by atoms with Gasteiger partial charge in [0.25, 0.3) is 0 Å². The Hall–Kier alpha value is -0.510. The molecule has 3 nitrogen and oxygen atoms in total. The molecule has 0 spiro atoms. The van der Waals surface area contributed by atoms with Gasteiger partial charge in [0.05, 0.1) is 11.8 Å². The van der Waals surface area contributed by atoms with Gasteiger partial charge in [-0.15, -0.1) is 11.8 Å². The van der Waals surface area contributed by atoms with Crippen molar-refractivity contribution < 1.29 is 9.59 Å². The fraction of sp³-hybridized carbons (Fsp3) is 0.857. The predicted octanol–water partition coefficient (Wildman–Crippen LogP) is 2.78. The van der Waals surface area contributed by atoms with Gasteiger partial charge in [-0.1, -0.05) is 33.1 Å². The van der Waals surface area contributed by atoms with Crippen molar-refractivity contribution in [3.05, 3.63) is 0 Å². The first kappa shape index (κ1) is 15.5. The topological polar surface area (TPSA) is 46.2 Å². The van der Waals surface area contributed by atoms with Gasteiger partial charge in [-0.2, -0.15) is 0 Å². The largest absolute Gasteiger partial charge is 0.345 e. The van der Waals surface area contributed by atoms with Gasteiger partial charge in [0, 0.05) is 5.25 Å². The molecule has 1 saturated carbocycles. The number of rotatable bonds is 6. The number of hydrogen-bond acceptors (Lipinski definition) is 3. The van der Waals surface area contributed by atoms with E-state index in [-0.39, 0.29) is 23.7 Å². The van der Waals surface area contributed by atoms with Crippen LogP contribution in [0.3, 0.4) is 0 Å². The van der Waals surface area contributed by atoms with Crippen LogP contribution in [0.1, 0.15) is 52.9 Å². The lowest BCUT2D eigenvalue weighted by molar-refractivity contribution is -0.126. The minimum absolute atomic E-state index is 0.000488. The Morgan fingerprint density at radius 2 is 1.83 bits per heavy atom. The summed E-state index contributed by atoms with van der Waals surface area (Å²) in [4.78, 5) is 23.2. The van der Waals surface area contributed by atoms with Crippen molar-refractivity contribution in [3.63, 3.8) is 0 Å². The van der Waals surface area contributed by atoms with Crippen molar-refractivity contribution in [3.8, 4) is 0 Å². The van der Waals surface area contributed by atoms with Crippen LogP contribution in [0.5, 0.6) is 0 Å². The second-order valence-corrected chi connectivity index (χ2v) is 6.76. The molecule has 1 rings (SSSR count). The summed E-state index contributed by atoms with van der Waals surface area (Å²) in [5.41, 5.74) is 0. The van der Waals surface area contributed by atoms with E-state index in [1.54, 1.807) is 18.7 Å². The first-order valence-electron chi connectivity index (χ1n) is 6.92. The Morgan fingerprint density at radius 1 is 1.22 bits per heavy atom. The zero-order chi connectivity index (χ0) is 13.5. The smallest absolute Gasteiger partial charge is 0.230 e. The summed E-state index contributed by atoms with van der Waals surface area (Å²) in [5, 5.41) is 3.48. The summed E-state index contributed by atoms with van der Waals surface area (Å²) in [6.45, 7) is 5.46. The molecule has 0 heterocycles. The molecule has 0 aromatic carbocycles. The first-order valence-corrected chi connectivity index (χ1v) is 7.97. The van der Waals surface area contributed by atoms with Crippen molar-refractivity contribution >= 4 is 23.5 Å². The SMILES string of the molecule is CC(=O)C(NC(=O)CSC1CCCCC1)C(C)C. The molecular weight excluding hydrogens is 246 g/mol. The lowest BCUT2D eigenvalue weighted by atomic mass is 10.0. The minimum Gasteiger partial charge on any atom is -0.345 e. The van der Waals surface area contributed by atoms with E-state index in [0.29, 0.717) is 11.0 Å². The summed E-state index contributed by atoms with van der Waals surface area (Å²) >= 11 is 1.75. The van der Waals surface area contributed by atoms with E-state index in [2.05, 4.69) is 5.32 Å². The summed E-state index contributed by atoms with van der Waals surface area (Å²) in [5.74, 6) is 0.688. The molecule has 1 aliphatic carbocycles. The molecule has 104 valence electrons. The summed E-state index contributed by atoms with van der Waals surface area (Å²) in [6, 6.07) is -0.329. The van der Waals surface area contributed by atoms with E-state index in [1.807, 2.05) is 13.8 Å². The van der Waals surface area contributed by atoms with E-state index in [9.17, 15) is 9.59 Å². The van der Waals surface area contributed by atoms with Gasteiger partial charge in [-0.05, 0) is 25.7 Å². The highest BCUT2D eigenvalue weighted by Crippen LogP contribution is 2.27. The quantitative estimate of drug-likeness (QED) is 0.808. The van der Waals surface area contributed by atoms with Gasteiger partial charge in [0.15, 0.2) is 5.78 Å². The molecule has 0 bridgehead atoms. The number of ketones is 1. The van der Waals surface area contributed by atoms with Crippen LogP contribution in [0.2, 0.25) is 0 Å². The molecule has 1 fully saturated rings. The molecule has 0 aromatic heterocycles. The van der Waals surface area contributed by atoms with Crippen LogP contribution in [0.4, 0.5) is 0 Å². The van der Waals surface area contributed by atoms with Crippen molar-refractivity contribution in [2.75, 3.05) is 5.75 Å². The van der Waals surface area contributed by atoms with E-state index < -0.39 is 0 Å². The van der Waals surface area contributed by atoms with Crippen molar-refractivity contribution in [2.45, 2.75) is 64.2 Å². The predicted molar refractivity (Wildman–Crippen MR) is 76.8 cm³/mol. The normalized spacial score (nSPS) is 18.7. The summed E-state index contributed by atoms with van der Waals surface area (Å²) in [6.07, 6.45) is 6.39. The number of nitrogens with one attached hydrogen (secondary N) is 1. The molecule has 1 N–H and O–H groups in total. The van der Waals surface area contributed by atoms with E-state index >= 15 is 0 Å². The maximum absolute atomic E-state index is 11.8. The number of carbonyl (C=O) groups excluding carboxylic acids is 2. The van der Waals surface area contributed by atoms with Crippen molar-refractivity contribution in [2.24, 2.45) is 5.92 Å². The maximum atomic E-state index is 11.8. The Bertz CT molecular complexity index is 286. The van der Waals surface area contributed by atoms with Gasteiger partial charge >= 0.3 is 0 Å². The molecule has 0 radical (unpaired) electrons. The van der Waals surface area contributed by atoms with Crippen molar-refractivity contribution in [1.29, 1.82) is 0 Å². The Kier molecular flexibility index (Phi) is 6.76. The number of carbonyl (C=O) groups is 2. The summed E-state index contributed by atoms with van der Waals surface area (Å²) < 4.78 is 0. The molecule has 1 unspecified atom stereocenters. The molecule has 1 amide bonds. The third-order valence-corrected chi connectivity index (χ3v) is 4.80. The highest BCUT2D eigenvalue weighted by Gasteiger charge is 2.21. The number of Topliss-reactive ketones (excluding diaryl/α,β-unsaturated/α-hetero) is 1. The van der Waals surface area contributed by atoms with Gasteiger partial charge in [-0.25, -0.2) is 0 Å². The minimum atomic E-state index is -0.329. The summed E-state index contributed by atoms with van der Waals surface area (Å²) in [7, 11) is 0. The van der Waals surface area contributed by atoms with Crippen LogP contribution < -0.4 is 5.32 Å². The molecule has 1 atom stereocenters. The molecule has 0 aliphatic heterocycles. The van der Waals surface area contributed by atoms with Crippen LogP contribution in [0.25, 0.3) is 0 Å². The second-order valence-electron chi connectivity index (χ2n) is 5.47. The molecule has 0 aromatic rings. The molecule has 1 aliphatic rings. The van der Waals surface area contributed by atoms with Gasteiger partial charge < -0.3 is 5.32 Å². The standard InChI is InChI=1S/C14H25NO2S/c1-10(2)14(11(3)16)15-13(17)9-18-12-7-5-4-6-8-12/h10,12,14H,4-9H2,1-3H3,(H,15,17). The lowest BCUT2D eigenvalue weighted by Crippen LogP contribution is -2.44. The van der Waals surface area contributed by atoms with Gasteiger partial charge in [0.1, 0.15) is 0 Å². The average molecular weight is 271 g/mol. The second kappa shape index (κ2) is 7.82. The van der Waals surface area contributed by atoms with Crippen LogP contribution in [0, 0.1) is 5.92 Å². The third kappa shape index (κ3) is 5.42. The van der Waals surface area contributed by atoms with Gasteiger partial charge in [-0.3, -0.25) is 9.59 Å². The third-order valence-electron chi connectivity index (χ3n) is 3.42.